The second-order valence-corrected chi connectivity index (χ2v) is 5.48. The highest BCUT2D eigenvalue weighted by Gasteiger charge is 2.21. The molecule has 0 bridgehead atoms. The fourth-order valence-corrected chi connectivity index (χ4v) is 2.85. The summed E-state index contributed by atoms with van der Waals surface area (Å²) in [6.45, 7) is 7.60. The fraction of sp³-hybridized carbons (Fsp3) is 0.625. The maximum absolute atomic E-state index is 14.0. The molecular weight excluding hydrogens is 255 g/mol. The molecule has 1 aromatic carbocycles. The van der Waals surface area contributed by atoms with Crippen LogP contribution in [0.3, 0.4) is 0 Å². The molecule has 0 spiro atoms. The zero-order valence-corrected chi connectivity index (χ0v) is 12.7. The Labute approximate surface area is 121 Å². The lowest BCUT2D eigenvalue weighted by molar-refractivity contribution is 0.200. The highest BCUT2D eigenvalue weighted by atomic mass is 19.1. The predicted molar refractivity (Wildman–Crippen MR) is 79.6 cm³/mol. The van der Waals surface area contributed by atoms with Gasteiger partial charge in [0, 0.05) is 23.7 Å². The summed E-state index contributed by atoms with van der Waals surface area (Å²) in [6, 6.07) is 5.59. The van der Waals surface area contributed by atoms with Crippen LogP contribution < -0.4 is 10.1 Å². The van der Waals surface area contributed by atoms with E-state index in [4.69, 9.17) is 4.74 Å². The summed E-state index contributed by atoms with van der Waals surface area (Å²) in [6.07, 6.45) is 2.27. The van der Waals surface area contributed by atoms with E-state index in [-0.39, 0.29) is 11.9 Å². The van der Waals surface area contributed by atoms with Gasteiger partial charge in [0.2, 0.25) is 0 Å². The van der Waals surface area contributed by atoms with Gasteiger partial charge < -0.3 is 15.0 Å². The van der Waals surface area contributed by atoms with Crippen LogP contribution in [-0.4, -0.2) is 37.7 Å². The van der Waals surface area contributed by atoms with Crippen LogP contribution in [0.25, 0.3) is 0 Å². The van der Waals surface area contributed by atoms with Gasteiger partial charge in [-0.25, -0.2) is 4.39 Å². The van der Waals surface area contributed by atoms with Crippen LogP contribution in [0.1, 0.15) is 38.3 Å². The highest BCUT2D eigenvalue weighted by Crippen LogP contribution is 2.23. The number of hydrogen-bond acceptors (Lipinski definition) is 3. The molecule has 1 atom stereocenters. The Balaban J connectivity index is 1.93. The van der Waals surface area contributed by atoms with Crippen LogP contribution in [0.15, 0.2) is 18.2 Å². The molecule has 1 aromatic rings. The van der Waals surface area contributed by atoms with Gasteiger partial charge in [-0.2, -0.15) is 0 Å². The van der Waals surface area contributed by atoms with Crippen molar-refractivity contribution in [2.75, 3.05) is 26.7 Å². The number of piperidine rings is 1. The summed E-state index contributed by atoms with van der Waals surface area (Å²) in [4.78, 5) is 2.46. The number of nitrogens with one attached hydrogen (secondary N) is 1. The lowest BCUT2D eigenvalue weighted by atomic mass is 10.0. The smallest absolute Gasteiger partial charge is 0.131 e. The zero-order chi connectivity index (χ0) is 14.5. The summed E-state index contributed by atoms with van der Waals surface area (Å²) in [5.74, 6) is 0.366. The van der Waals surface area contributed by atoms with Gasteiger partial charge in [-0.3, -0.25) is 0 Å². The minimum atomic E-state index is -0.199. The summed E-state index contributed by atoms with van der Waals surface area (Å²) in [7, 11) is 1.55. The first-order chi connectivity index (χ1) is 9.63. The van der Waals surface area contributed by atoms with Crippen molar-refractivity contribution in [1.29, 1.82) is 0 Å². The second-order valence-electron chi connectivity index (χ2n) is 5.48. The molecule has 3 nitrogen and oxygen atoms in total. The molecule has 0 saturated carbocycles. The largest absolute Gasteiger partial charge is 0.497 e. The van der Waals surface area contributed by atoms with Crippen LogP contribution in [0, 0.1) is 5.82 Å². The molecule has 1 heterocycles. The summed E-state index contributed by atoms with van der Waals surface area (Å²) >= 11 is 0. The molecule has 20 heavy (non-hydrogen) atoms. The van der Waals surface area contributed by atoms with Gasteiger partial charge in [-0.05, 0) is 45.5 Å². The molecule has 0 aliphatic carbocycles. The molecule has 0 amide bonds. The van der Waals surface area contributed by atoms with E-state index in [9.17, 15) is 4.39 Å². The standard InChI is InChI=1S/C16H25FN2O/c1-4-19-9-7-13(8-10-19)18-12(2)15-6-5-14(20-3)11-16(15)17/h5-6,11-13,18H,4,7-10H2,1-3H3. The number of benzene rings is 1. The number of nitrogens with zero attached hydrogens (tertiary/aromatic N) is 1. The lowest BCUT2D eigenvalue weighted by Gasteiger charge is -2.33. The van der Waals surface area contributed by atoms with Gasteiger partial charge >= 0.3 is 0 Å². The average Bonchev–Trinajstić information content (AvgIpc) is 2.47. The third-order valence-electron chi connectivity index (χ3n) is 4.19. The van der Waals surface area contributed by atoms with Crippen molar-refractivity contribution in [1.82, 2.24) is 10.2 Å². The fourth-order valence-electron chi connectivity index (χ4n) is 2.85. The molecule has 112 valence electrons. The Morgan fingerprint density at radius 1 is 1.40 bits per heavy atom. The SMILES string of the molecule is CCN1CCC(NC(C)c2ccc(OC)cc2F)CC1. The topological polar surface area (TPSA) is 24.5 Å². The molecular formula is C16H25FN2O. The Morgan fingerprint density at radius 3 is 2.65 bits per heavy atom. The first kappa shape index (κ1) is 15.3. The molecule has 0 aromatic heterocycles. The minimum absolute atomic E-state index is 0.0269. The Kier molecular flexibility index (Phi) is 5.38. The van der Waals surface area contributed by atoms with Crippen molar-refractivity contribution < 1.29 is 9.13 Å². The Hall–Kier alpha value is -1.13. The van der Waals surface area contributed by atoms with Crippen LogP contribution in [0.2, 0.25) is 0 Å². The van der Waals surface area contributed by atoms with Crippen LogP contribution in [-0.2, 0) is 0 Å². The van der Waals surface area contributed by atoms with Crippen LogP contribution in [0.4, 0.5) is 4.39 Å². The first-order valence-corrected chi connectivity index (χ1v) is 7.46. The van der Waals surface area contributed by atoms with Gasteiger partial charge in [-0.1, -0.05) is 13.0 Å². The molecule has 1 saturated heterocycles. The van der Waals surface area contributed by atoms with Crippen molar-refractivity contribution in [3.05, 3.63) is 29.6 Å². The van der Waals surface area contributed by atoms with Crippen LogP contribution in [0.5, 0.6) is 5.75 Å². The van der Waals surface area contributed by atoms with Crippen molar-refractivity contribution in [2.24, 2.45) is 0 Å². The minimum Gasteiger partial charge on any atom is -0.497 e. The summed E-state index contributed by atoms with van der Waals surface area (Å²) in [5, 5.41) is 3.55. The number of hydrogen-bond donors (Lipinski definition) is 1. The average molecular weight is 280 g/mol. The molecule has 1 aliphatic heterocycles. The van der Waals surface area contributed by atoms with E-state index in [0.717, 1.165) is 32.5 Å². The zero-order valence-electron chi connectivity index (χ0n) is 12.7. The number of halogens is 1. The number of methoxy groups -OCH3 is 1. The van der Waals surface area contributed by atoms with E-state index in [2.05, 4.69) is 17.1 Å². The van der Waals surface area contributed by atoms with E-state index >= 15 is 0 Å². The molecule has 1 unspecified atom stereocenters. The Bertz CT molecular complexity index is 430. The van der Waals surface area contributed by atoms with Crippen molar-refractivity contribution >= 4 is 0 Å². The molecule has 0 radical (unpaired) electrons. The lowest BCUT2D eigenvalue weighted by Crippen LogP contribution is -2.43. The Morgan fingerprint density at radius 2 is 2.10 bits per heavy atom. The van der Waals surface area contributed by atoms with Crippen LogP contribution >= 0.6 is 0 Å². The van der Waals surface area contributed by atoms with Crippen molar-refractivity contribution in [3.8, 4) is 5.75 Å². The second kappa shape index (κ2) is 7.04. The molecule has 4 heteroatoms. The highest BCUT2D eigenvalue weighted by molar-refractivity contribution is 5.30. The molecule has 2 rings (SSSR count). The quantitative estimate of drug-likeness (QED) is 0.897. The third-order valence-corrected chi connectivity index (χ3v) is 4.19. The van der Waals surface area contributed by atoms with Gasteiger partial charge in [0.1, 0.15) is 11.6 Å². The number of likely N-dealkylation sites (tertiary alicyclic amines) is 1. The monoisotopic (exact) mass is 280 g/mol. The van der Waals surface area contributed by atoms with E-state index in [1.54, 1.807) is 7.11 Å². The van der Waals surface area contributed by atoms with E-state index in [0.29, 0.717) is 17.4 Å². The van der Waals surface area contributed by atoms with Gasteiger partial charge in [0.05, 0.1) is 7.11 Å². The maximum atomic E-state index is 14.0. The van der Waals surface area contributed by atoms with E-state index in [1.165, 1.54) is 6.07 Å². The van der Waals surface area contributed by atoms with E-state index < -0.39 is 0 Å². The van der Waals surface area contributed by atoms with Gasteiger partial charge in [0.25, 0.3) is 0 Å². The molecule has 1 N–H and O–H groups in total. The van der Waals surface area contributed by atoms with Gasteiger partial charge in [0.15, 0.2) is 0 Å². The maximum Gasteiger partial charge on any atom is 0.131 e. The summed E-state index contributed by atoms with van der Waals surface area (Å²) < 4.78 is 19.1. The van der Waals surface area contributed by atoms with E-state index in [1.807, 2.05) is 19.1 Å². The molecule has 1 aliphatic rings. The third kappa shape index (κ3) is 3.70. The number of rotatable bonds is 5. The molecule has 1 fully saturated rings. The predicted octanol–water partition coefficient (Wildman–Crippen LogP) is 2.97. The number of ether oxygens (including phenoxy) is 1. The van der Waals surface area contributed by atoms with Crippen molar-refractivity contribution in [3.63, 3.8) is 0 Å². The van der Waals surface area contributed by atoms with Crippen molar-refractivity contribution in [2.45, 2.75) is 38.8 Å². The summed E-state index contributed by atoms with van der Waals surface area (Å²) in [5.41, 5.74) is 0.712. The van der Waals surface area contributed by atoms with Gasteiger partial charge in [-0.15, -0.1) is 0 Å². The first-order valence-electron chi connectivity index (χ1n) is 7.46. The normalized spacial score (nSPS) is 19.0.